The topological polar surface area (TPSA) is 49.6 Å². The molecule has 3 rings (SSSR count). The minimum absolute atomic E-state index is 0.188. The molecule has 5 nitrogen and oxygen atoms in total. The molecule has 1 aromatic carbocycles. The van der Waals surface area contributed by atoms with Crippen molar-refractivity contribution < 1.29 is 4.79 Å². The molecular formula is C17H18N4O. The van der Waals surface area contributed by atoms with Crippen LogP contribution < -0.4 is 5.32 Å². The van der Waals surface area contributed by atoms with E-state index in [9.17, 15) is 4.79 Å². The number of benzene rings is 1. The van der Waals surface area contributed by atoms with Crippen LogP contribution in [-0.4, -0.2) is 34.3 Å². The van der Waals surface area contributed by atoms with Gasteiger partial charge in [0, 0.05) is 18.4 Å². The largest absolute Gasteiger partial charge is 0.321 e. The number of para-hydroxylation sites is 1. The summed E-state index contributed by atoms with van der Waals surface area (Å²) >= 11 is 0. The maximum atomic E-state index is 12.6. The molecule has 0 saturated carbocycles. The summed E-state index contributed by atoms with van der Waals surface area (Å²) in [6, 6.07) is 15.2. The van der Waals surface area contributed by atoms with Crippen molar-refractivity contribution in [3.63, 3.8) is 0 Å². The van der Waals surface area contributed by atoms with E-state index in [1.54, 1.807) is 0 Å². The molecule has 0 unspecified atom stereocenters. The second kappa shape index (κ2) is 5.99. The number of nitrogens with one attached hydrogen (secondary N) is 1. The van der Waals surface area contributed by atoms with Crippen LogP contribution in [0.4, 0.5) is 5.69 Å². The van der Waals surface area contributed by atoms with Crippen molar-refractivity contribution in [1.82, 2.24) is 14.3 Å². The van der Waals surface area contributed by atoms with Gasteiger partial charge in [0.2, 0.25) is 0 Å². The van der Waals surface area contributed by atoms with E-state index in [0.29, 0.717) is 12.2 Å². The Morgan fingerprint density at radius 3 is 2.59 bits per heavy atom. The second-order valence-electron chi connectivity index (χ2n) is 5.39. The highest BCUT2D eigenvalue weighted by Gasteiger charge is 2.19. The number of rotatable bonds is 4. The predicted octanol–water partition coefficient (Wildman–Crippen LogP) is 2.65. The summed E-state index contributed by atoms with van der Waals surface area (Å²) in [7, 11) is 3.95. The molecule has 0 spiro atoms. The van der Waals surface area contributed by atoms with Gasteiger partial charge in [0.05, 0.1) is 5.69 Å². The van der Waals surface area contributed by atoms with E-state index < -0.39 is 0 Å². The standard InChI is InChI=1S/C17H18N4O/c1-20(2)12-14-16(19-15-10-6-7-11-21(14)15)17(22)18-13-8-4-3-5-9-13/h3-11H,12H2,1-2H3,(H,18,22). The average molecular weight is 294 g/mol. The number of fused-ring (bicyclic) bond motifs is 1. The summed E-state index contributed by atoms with van der Waals surface area (Å²) in [6.07, 6.45) is 1.93. The Bertz CT molecular complexity index is 793. The van der Waals surface area contributed by atoms with Crippen LogP contribution in [0.15, 0.2) is 54.7 Å². The van der Waals surface area contributed by atoms with E-state index in [-0.39, 0.29) is 5.91 Å². The Kier molecular flexibility index (Phi) is 3.89. The summed E-state index contributed by atoms with van der Waals surface area (Å²) in [5, 5.41) is 2.90. The van der Waals surface area contributed by atoms with E-state index in [1.807, 2.05) is 78.1 Å². The zero-order chi connectivity index (χ0) is 15.5. The smallest absolute Gasteiger partial charge is 0.276 e. The molecule has 2 aromatic heterocycles. The van der Waals surface area contributed by atoms with Crippen LogP contribution in [-0.2, 0) is 6.54 Å². The second-order valence-corrected chi connectivity index (χ2v) is 5.39. The van der Waals surface area contributed by atoms with Crippen molar-refractivity contribution in [3.05, 3.63) is 66.1 Å². The Morgan fingerprint density at radius 1 is 1.14 bits per heavy atom. The molecule has 3 aromatic rings. The number of aromatic nitrogens is 2. The highest BCUT2D eigenvalue weighted by atomic mass is 16.1. The molecule has 0 aliphatic heterocycles. The number of nitrogens with zero attached hydrogens (tertiary/aromatic N) is 3. The fourth-order valence-corrected chi connectivity index (χ4v) is 2.39. The van der Waals surface area contributed by atoms with E-state index in [0.717, 1.165) is 17.0 Å². The third-order valence-corrected chi connectivity index (χ3v) is 3.34. The molecule has 0 bridgehead atoms. The third-order valence-electron chi connectivity index (χ3n) is 3.34. The first kappa shape index (κ1) is 14.3. The Labute approximate surface area is 129 Å². The molecule has 112 valence electrons. The van der Waals surface area contributed by atoms with Gasteiger partial charge in [0.15, 0.2) is 5.69 Å². The lowest BCUT2D eigenvalue weighted by molar-refractivity contribution is 0.102. The first-order chi connectivity index (χ1) is 10.6. The van der Waals surface area contributed by atoms with E-state index in [1.165, 1.54) is 0 Å². The molecule has 1 amide bonds. The summed E-state index contributed by atoms with van der Waals surface area (Å²) in [4.78, 5) is 19.1. The van der Waals surface area contributed by atoms with Crippen LogP contribution in [0.25, 0.3) is 5.65 Å². The van der Waals surface area contributed by atoms with E-state index in [4.69, 9.17) is 0 Å². The first-order valence-corrected chi connectivity index (χ1v) is 7.12. The number of pyridine rings is 1. The summed E-state index contributed by atoms with van der Waals surface area (Å²) < 4.78 is 1.96. The maximum Gasteiger partial charge on any atom is 0.276 e. The fourth-order valence-electron chi connectivity index (χ4n) is 2.39. The number of hydrogen-bond donors (Lipinski definition) is 1. The molecule has 5 heteroatoms. The minimum atomic E-state index is -0.188. The lowest BCUT2D eigenvalue weighted by atomic mass is 10.2. The minimum Gasteiger partial charge on any atom is -0.321 e. The highest BCUT2D eigenvalue weighted by molar-refractivity contribution is 6.04. The number of amides is 1. The van der Waals surface area contributed by atoms with E-state index in [2.05, 4.69) is 10.3 Å². The lowest BCUT2D eigenvalue weighted by Crippen LogP contribution is -2.19. The lowest BCUT2D eigenvalue weighted by Gasteiger charge is -2.11. The molecule has 0 aliphatic rings. The van der Waals surface area contributed by atoms with Gasteiger partial charge in [-0.05, 0) is 38.4 Å². The van der Waals surface area contributed by atoms with E-state index >= 15 is 0 Å². The Balaban J connectivity index is 2.00. The molecular weight excluding hydrogens is 276 g/mol. The van der Waals surface area contributed by atoms with Crippen molar-refractivity contribution >= 4 is 17.2 Å². The molecule has 0 atom stereocenters. The van der Waals surface area contributed by atoms with Crippen molar-refractivity contribution in [1.29, 1.82) is 0 Å². The van der Waals surface area contributed by atoms with Crippen LogP contribution in [0.3, 0.4) is 0 Å². The van der Waals surface area contributed by atoms with Gasteiger partial charge in [-0.25, -0.2) is 4.98 Å². The van der Waals surface area contributed by atoms with Crippen LogP contribution >= 0.6 is 0 Å². The maximum absolute atomic E-state index is 12.6. The van der Waals surface area contributed by atoms with Gasteiger partial charge in [-0.1, -0.05) is 24.3 Å². The van der Waals surface area contributed by atoms with Crippen molar-refractivity contribution in [2.45, 2.75) is 6.54 Å². The predicted molar refractivity (Wildman–Crippen MR) is 87.0 cm³/mol. The van der Waals surface area contributed by atoms with Crippen molar-refractivity contribution in [3.8, 4) is 0 Å². The normalized spacial score (nSPS) is 11.0. The molecule has 0 fully saturated rings. The van der Waals surface area contributed by atoms with Gasteiger partial charge in [0.25, 0.3) is 5.91 Å². The quantitative estimate of drug-likeness (QED) is 0.805. The van der Waals surface area contributed by atoms with Gasteiger partial charge < -0.3 is 14.6 Å². The zero-order valence-corrected chi connectivity index (χ0v) is 12.7. The monoisotopic (exact) mass is 294 g/mol. The van der Waals surface area contributed by atoms with Gasteiger partial charge in [-0.3, -0.25) is 4.79 Å². The van der Waals surface area contributed by atoms with Crippen LogP contribution in [0, 0.1) is 0 Å². The molecule has 0 aliphatic carbocycles. The molecule has 0 radical (unpaired) electrons. The summed E-state index contributed by atoms with van der Waals surface area (Å²) in [5.74, 6) is -0.188. The summed E-state index contributed by atoms with van der Waals surface area (Å²) in [5.41, 5.74) is 2.88. The Morgan fingerprint density at radius 2 is 1.86 bits per heavy atom. The SMILES string of the molecule is CN(C)Cc1c(C(=O)Nc2ccccc2)nc2ccccn12. The van der Waals surface area contributed by atoms with Gasteiger partial charge in [-0.2, -0.15) is 0 Å². The third kappa shape index (κ3) is 2.84. The Hall–Kier alpha value is -2.66. The molecule has 0 saturated heterocycles. The number of carbonyl (C=O) groups is 1. The van der Waals surface area contributed by atoms with Gasteiger partial charge in [0.1, 0.15) is 5.65 Å². The fraction of sp³-hybridized carbons (Fsp3) is 0.176. The molecule has 1 N–H and O–H groups in total. The van der Waals surface area contributed by atoms with Crippen molar-refractivity contribution in [2.75, 3.05) is 19.4 Å². The summed E-state index contributed by atoms with van der Waals surface area (Å²) in [6.45, 7) is 0.642. The first-order valence-electron chi connectivity index (χ1n) is 7.12. The van der Waals surface area contributed by atoms with Crippen LogP contribution in [0.5, 0.6) is 0 Å². The van der Waals surface area contributed by atoms with Crippen LogP contribution in [0.2, 0.25) is 0 Å². The molecule has 2 heterocycles. The van der Waals surface area contributed by atoms with Crippen LogP contribution in [0.1, 0.15) is 16.2 Å². The average Bonchev–Trinajstić information content (AvgIpc) is 2.87. The van der Waals surface area contributed by atoms with Gasteiger partial charge >= 0.3 is 0 Å². The molecule has 22 heavy (non-hydrogen) atoms. The zero-order valence-electron chi connectivity index (χ0n) is 12.7. The highest BCUT2D eigenvalue weighted by Crippen LogP contribution is 2.16. The number of anilines is 1. The number of hydrogen-bond acceptors (Lipinski definition) is 3. The number of imidazole rings is 1. The number of carbonyl (C=O) groups excluding carboxylic acids is 1. The van der Waals surface area contributed by atoms with Crippen molar-refractivity contribution in [2.24, 2.45) is 0 Å². The van der Waals surface area contributed by atoms with Gasteiger partial charge in [-0.15, -0.1) is 0 Å².